The normalized spacial score (nSPS) is 11.5. The van der Waals surface area contributed by atoms with Crippen LogP contribution in [0.4, 0.5) is 4.79 Å². The molecule has 0 aliphatic carbocycles. The Hall–Kier alpha value is -1.75. The quantitative estimate of drug-likeness (QED) is 0.793. The van der Waals surface area contributed by atoms with Gasteiger partial charge in [-0.3, -0.25) is 0 Å². The number of nitrogens with one attached hydrogen (secondary N) is 1. The third-order valence-electron chi connectivity index (χ3n) is 3.09. The van der Waals surface area contributed by atoms with E-state index in [2.05, 4.69) is 5.32 Å². The SMILES string of the molecule is CC(C)N(CCNCc1ccccc1O)C(=O)OC(C)(C)C. The van der Waals surface area contributed by atoms with Gasteiger partial charge in [-0.2, -0.15) is 0 Å². The third-order valence-corrected chi connectivity index (χ3v) is 3.09. The molecular weight excluding hydrogens is 280 g/mol. The van der Waals surface area contributed by atoms with Crippen LogP contribution in [0, 0.1) is 0 Å². The summed E-state index contributed by atoms with van der Waals surface area (Å²) in [5.41, 5.74) is 0.351. The van der Waals surface area contributed by atoms with Crippen LogP contribution >= 0.6 is 0 Å². The molecular formula is C17H28N2O3. The van der Waals surface area contributed by atoms with E-state index in [1.165, 1.54) is 0 Å². The Labute approximate surface area is 133 Å². The van der Waals surface area contributed by atoms with Gasteiger partial charge < -0.3 is 20.1 Å². The van der Waals surface area contributed by atoms with E-state index >= 15 is 0 Å². The van der Waals surface area contributed by atoms with Crippen LogP contribution in [0.25, 0.3) is 0 Å². The van der Waals surface area contributed by atoms with Crippen molar-refractivity contribution in [2.24, 2.45) is 0 Å². The summed E-state index contributed by atoms with van der Waals surface area (Å²) >= 11 is 0. The highest BCUT2D eigenvalue weighted by atomic mass is 16.6. The Morgan fingerprint density at radius 1 is 1.32 bits per heavy atom. The molecule has 5 nitrogen and oxygen atoms in total. The van der Waals surface area contributed by atoms with E-state index in [0.29, 0.717) is 19.6 Å². The van der Waals surface area contributed by atoms with E-state index in [9.17, 15) is 9.90 Å². The van der Waals surface area contributed by atoms with Crippen LogP contribution in [0.5, 0.6) is 5.75 Å². The molecule has 2 N–H and O–H groups in total. The van der Waals surface area contributed by atoms with Crippen molar-refractivity contribution in [1.29, 1.82) is 0 Å². The van der Waals surface area contributed by atoms with Gasteiger partial charge in [-0.05, 0) is 40.7 Å². The summed E-state index contributed by atoms with van der Waals surface area (Å²) in [4.78, 5) is 13.9. The lowest BCUT2D eigenvalue weighted by Gasteiger charge is -2.30. The van der Waals surface area contributed by atoms with Gasteiger partial charge in [0, 0.05) is 31.2 Å². The molecule has 22 heavy (non-hydrogen) atoms. The molecule has 0 fully saturated rings. The first-order chi connectivity index (χ1) is 10.2. The number of amides is 1. The highest BCUT2D eigenvalue weighted by Crippen LogP contribution is 2.15. The van der Waals surface area contributed by atoms with Crippen LogP contribution in [0.1, 0.15) is 40.2 Å². The number of ether oxygens (including phenoxy) is 1. The Bertz CT molecular complexity index is 481. The fourth-order valence-corrected chi connectivity index (χ4v) is 1.96. The molecule has 0 aliphatic heterocycles. The van der Waals surface area contributed by atoms with Crippen molar-refractivity contribution >= 4 is 6.09 Å². The third kappa shape index (κ3) is 6.35. The summed E-state index contributed by atoms with van der Waals surface area (Å²) < 4.78 is 5.41. The predicted molar refractivity (Wildman–Crippen MR) is 87.9 cm³/mol. The largest absolute Gasteiger partial charge is 0.508 e. The van der Waals surface area contributed by atoms with Crippen molar-refractivity contribution in [2.75, 3.05) is 13.1 Å². The molecule has 0 spiro atoms. The Balaban J connectivity index is 2.45. The molecule has 0 aromatic heterocycles. The molecule has 5 heteroatoms. The maximum absolute atomic E-state index is 12.2. The smallest absolute Gasteiger partial charge is 0.410 e. The lowest BCUT2D eigenvalue weighted by atomic mass is 10.2. The Kier molecular flexibility index (Phi) is 6.68. The van der Waals surface area contributed by atoms with E-state index in [1.807, 2.05) is 46.8 Å². The fourth-order valence-electron chi connectivity index (χ4n) is 1.96. The molecule has 124 valence electrons. The maximum atomic E-state index is 12.2. The van der Waals surface area contributed by atoms with Crippen LogP contribution in [0.2, 0.25) is 0 Å². The second-order valence-corrected chi connectivity index (χ2v) is 6.57. The van der Waals surface area contributed by atoms with E-state index in [0.717, 1.165) is 5.56 Å². The minimum Gasteiger partial charge on any atom is -0.508 e. The van der Waals surface area contributed by atoms with Gasteiger partial charge in [-0.25, -0.2) is 4.79 Å². The van der Waals surface area contributed by atoms with Gasteiger partial charge >= 0.3 is 6.09 Å². The number of hydrogen-bond acceptors (Lipinski definition) is 4. The zero-order valence-electron chi connectivity index (χ0n) is 14.2. The number of para-hydroxylation sites is 1. The van der Waals surface area contributed by atoms with E-state index in [1.54, 1.807) is 17.0 Å². The van der Waals surface area contributed by atoms with Gasteiger partial charge in [0.15, 0.2) is 0 Å². The minimum atomic E-state index is -0.493. The number of phenols is 1. The zero-order chi connectivity index (χ0) is 16.8. The molecule has 1 amide bonds. The van der Waals surface area contributed by atoms with Gasteiger partial charge in [0.25, 0.3) is 0 Å². The predicted octanol–water partition coefficient (Wildman–Crippen LogP) is 3.13. The average Bonchev–Trinajstić information content (AvgIpc) is 2.37. The van der Waals surface area contributed by atoms with Crippen LogP contribution in [-0.4, -0.2) is 40.8 Å². The van der Waals surface area contributed by atoms with Crippen molar-refractivity contribution in [1.82, 2.24) is 10.2 Å². The number of hydrogen-bond donors (Lipinski definition) is 2. The summed E-state index contributed by atoms with van der Waals surface area (Å²) in [5.74, 6) is 0.280. The summed E-state index contributed by atoms with van der Waals surface area (Å²) in [5, 5.41) is 12.9. The van der Waals surface area contributed by atoms with E-state index < -0.39 is 5.60 Å². The average molecular weight is 308 g/mol. The second kappa shape index (κ2) is 8.03. The molecule has 0 bridgehead atoms. The van der Waals surface area contributed by atoms with Crippen LogP contribution in [0.15, 0.2) is 24.3 Å². The lowest BCUT2D eigenvalue weighted by Crippen LogP contribution is -2.44. The van der Waals surface area contributed by atoms with Gasteiger partial charge in [0.2, 0.25) is 0 Å². The van der Waals surface area contributed by atoms with Crippen molar-refractivity contribution in [3.63, 3.8) is 0 Å². The van der Waals surface area contributed by atoms with Gasteiger partial charge in [0.1, 0.15) is 11.4 Å². The first-order valence-electron chi connectivity index (χ1n) is 7.68. The fraction of sp³-hybridized carbons (Fsp3) is 0.588. The highest BCUT2D eigenvalue weighted by molar-refractivity contribution is 5.68. The molecule has 0 atom stereocenters. The number of carbonyl (C=O) groups excluding carboxylic acids is 1. The highest BCUT2D eigenvalue weighted by Gasteiger charge is 2.23. The standard InChI is InChI=1S/C17H28N2O3/c1-13(2)19(16(21)22-17(3,4)5)11-10-18-12-14-8-6-7-9-15(14)20/h6-9,13,18,20H,10-12H2,1-5H3. The number of phenolic OH excluding ortho intramolecular Hbond substituents is 1. The Morgan fingerprint density at radius 3 is 2.50 bits per heavy atom. The first kappa shape index (κ1) is 18.3. The van der Waals surface area contributed by atoms with Gasteiger partial charge in [-0.1, -0.05) is 18.2 Å². The number of aromatic hydroxyl groups is 1. The molecule has 1 rings (SSSR count). The molecule has 0 aliphatic rings. The zero-order valence-corrected chi connectivity index (χ0v) is 14.2. The molecule has 0 heterocycles. The molecule has 0 radical (unpaired) electrons. The monoisotopic (exact) mass is 308 g/mol. The maximum Gasteiger partial charge on any atom is 0.410 e. The van der Waals surface area contributed by atoms with Crippen molar-refractivity contribution in [2.45, 2.75) is 52.8 Å². The summed E-state index contributed by atoms with van der Waals surface area (Å²) in [7, 11) is 0. The van der Waals surface area contributed by atoms with Crippen LogP contribution in [0.3, 0.4) is 0 Å². The molecule has 1 aromatic rings. The molecule has 1 aromatic carbocycles. The lowest BCUT2D eigenvalue weighted by molar-refractivity contribution is 0.0193. The number of nitrogens with zero attached hydrogens (tertiary/aromatic N) is 1. The molecule has 0 saturated heterocycles. The van der Waals surface area contributed by atoms with Crippen LogP contribution in [-0.2, 0) is 11.3 Å². The number of rotatable bonds is 6. The van der Waals surface area contributed by atoms with E-state index in [4.69, 9.17) is 4.74 Å². The van der Waals surface area contributed by atoms with Gasteiger partial charge in [-0.15, -0.1) is 0 Å². The number of carbonyl (C=O) groups is 1. The van der Waals surface area contributed by atoms with Crippen molar-refractivity contribution in [3.8, 4) is 5.75 Å². The number of benzene rings is 1. The minimum absolute atomic E-state index is 0.0711. The summed E-state index contributed by atoms with van der Waals surface area (Å²) in [6, 6.07) is 7.29. The van der Waals surface area contributed by atoms with Crippen molar-refractivity contribution in [3.05, 3.63) is 29.8 Å². The summed E-state index contributed by atoms with van der Waals surface area (Å²) in [6.07, 6.45) is -0.299. The summed E-state index contributed by atoms with van der Waals surface area (Å²) in [6.45, 7) is 11.3. The molecule has 0 saturated carbocycles. The first-order valence-corrected chi connectivity index (χ1v) is 7.68. The topological polar surface area (TPSA) is 61.8 Å². The molecule has 0 unspecified atom stereocenters. The second-order valence-electron chi connectivity index (χ2n) is 6.57. The van der Waals surface area contributed by atoms with Crippen molar-refractivity contribution < 1.29 is 14.6 Å². The van der Waals surface area contributed by atoms with E-state index in [-0.39, 0.29) is 17.9 Å². The van der Waals surface area contributed by atoms with Crippen LogP contribution < -0.4 is 5.32 Å². The van der Waals surface area contributed by atoms with Gasteiger partial charge in [0.05, 0.1) is 0 Å². The Morgan fingerprint density at radius 2 is 1.95 bits per heavy atom.